The molecule has 3 heterocycles. The standard InChI is InChI=1S/C26H26N6O4/c27-23-22(24(33)29-20-9-11-32(15-20)26(35)36)30-21(13-28-23)17-6-3-7-18(12-17)25(34)31-10-8-16-4-1-2-5-19(16)14-31/h1-7,12-13,20H,8-11,14-15H2,(H2,27,28)(H,29,33)(H,35,36)/t20-/m0/s1. The molecule has 2 aliphatic heterocycles. The van der Waals surface area contributed by atoms with Crippen molar-refractivity contribution in [3.8, 4) is 11.3 Å². The van der Waals surface area contributed by atoms with Crippen molar-refractivity contribution in [3.05, 3.63) is 77.1 Å². The van der Waals surface area contributed by atoms with Gasteiger partial charge in [-0.2, -0.15) is 0 Å². The van der Waals surface area contributed by atoms with E-state index in [2.05, 4.69) is 21.4 Å². The Morgan fingerprint density at radius 3 is 2.61 bits per heavy atom. The van der Waals surface area contributed by atoms with Crippen LogP contribution in [0.4, 0.5) is 10.6 Å². The van der Waals surface area contributed by atoms with Crippen LogP contribution in [0.3, 0.4) is 0 Å². The number of nitrogen functional groups attached to an aromatic ring is 1. The summed E-state index contributed by atoms with van der Waals surface area (Å²) in [6.45, 7) is 1.77. The van der Waals surface area contributed by atoms with Gasteiger partial charge in [0.05, 0.1) is 11.9 Å². The molecule has 3 aromatic rings. The third-order valence-electron chi connectivity index (χ3n) is 6.63. The Balaban J connectivity index is 1.33. The zero-order valence-corrected chi connectivity index (χ0v) is 19.6. The summed E-state index contributed by atoms with van der Waals surface area (Å²) in [7, 11) is 0. The molecule has 2 aliphatic rings. The molecule has 1 atom stereocenters. The van der Waals surface area contributed by atoms with Crippen molar-refractivity contribution in [3.63, 3.8) is 0 Å². The molecule has 0 saturated carbocycles. The molecule has 0 unspecified atom stereocenters. The summed E-state index contributed by atoms with van der Waals surface area (Å²) in [6, 6.07) is 14.9. The van der Waals surface area contributed by atoms with Gasteiger partial charge >= 0.3 is 6.09 Å². The van der Waals surface area contributed by atoms with Crippen LogP contribution in [0.1, 0.15) is 38.4 Å². The molecule has 0 aliphatic carbocycles. The Morgan fingerprint density at radius 1 is 1.03 bits per heavy atom. The fraction of sp³-hybridized carbons (Fsp3) is 0.269. The van der Waals surface area contributed by atoms with Gasteiger partial charge in [0.2, 0.25) is 0 Å². The summed E-state index contributed by atoms with van der Waals surface area (Å²) >= 11 is 0. The second-order valence-electron chi connectivity index (χ2n) is 9.00. The first kappa shape index (κ1) is 23.3. The number of carboxylic acid groups (broad SMARTS) is 1. The Bertz CT molecular complexity index is 1340. The Morgan fingerprint density at radius 2 is 1.83 bits per heavy atom. The topological polar surface area (TPSA) is 142 Å². The van der Waals surface area contributed by atoms with E-state index in [1.807, 2.05) is 23.1 Å². The first-order chi connectivity index (χ1) is 17.4. The van der Waals surface area contributed by atoms with E-state index in [0.717, 1.165) is 12.0 Å². The van der Waals surface area contributed by atoms with Gasteiger partial charge in [-0.05, 0) is 36.1 Å². The van der Waals surface area contributed by atoms with Crippen molar-refractivity contribution in [1.82, 2.24) is 25.1 Å². The van der Waals surface area contributed by atoms with Crippen LogP contribution in [-0.4, -0.2) is 68.5 Å². The highest BCUT2D eigenvalue weighted by atomic mass is 16.4. The zero-order chi connectivity index (χ0) is 25.2. The maximum atomic E-state index is 13.3. The van der Waals surface area contributed by atoms with E-state index < -0.39 is 12.0 Å². The van der Waals surface area contributed by atoms with Gasteiger partial charge < -0.3 is 26.0 Å². The highest BCUT2D eigenvalue weighted by Crippen LogP contribution is 2.24. The number of nitrogens with zero attached hydrogens (tertiary/aromatic N) is 4. The third-order valence-corrected chi connectivity index (χ3v) is 6.63. The normalized spacial score (nSPS) is 16.9. The predicted octanol–water partition coefficient (Wildman–Crippen LogP) is 2.41. The molecule has 1 aromatic heterocycles. The molecule has 10 nitrogen and oxygen atoms in total. The minimum atomic E-state index is -1.02. The van der Waals surface area contributed by atoms with E-state index >= 15 is 0 Å². The Labute approximate surface area is 207 Å². The molecular formula is C26H26N6O4. The largest absolute Gasteiger partial charge is 0.465 e. The summed E-state index contributed by atoms with van der Waals surface area (Å²) in [4.78, 5) is 48.9. The summed E-state index contributed by atoms with van der Waals surface area (Å²) in [6.07, 6.45) is 1.77. The summed E-state index contributed by atoms with van der Waals surface area (Å²) < 4.78 is 0. The average Bonchev–Trinajstić information content (AvgIpc) is 3.37. The molecule has 0 radical (unpaired) electrons. The molecule has 0 spiro atoms. The Kier molecular flexibility index (Phi) is 6.24. The quantitative estimate of drug-likeness (QED) is 0.514. The van der Waals surface area contributed by atoms with Crippen LogP contribution in [0.15, 0.2) is 54.7 Å². The minimum Gasteiger partial charge on any atom is -0.465 e. The first-order valence-corrected chi connectivity index (χ1v) is 11.8. The molecule has 3 amide bonds. The third kappa shape index (κ3) is 4.70. The van der Waals surface area contributed by atoms with Crippen molar-refractivity contribution in [2.75, 3.05) is 25.4 Å². The van der Waals surface area contributed by atoms with Gasteiger partial charge in [-0.15, -0.1) is 0 Å². The fourth-order valence-electron chi connectivity index (χ4n) is 4.67. The number of hydrogen-bond donors (Lipinski definition) is 3. The van der Waals surface area contributed by atoms with Gasteiger partial charge in [-0.3, -0.25) is 9.59 Å². The number of nitrogens with two attached hydrogens (primary N) is 1. The van der Waals surface area contributed by atoms with Gasteiger partial charge in [0.25, 0.3) is 11.8 Å². The second-order valence-corrected chi connectivity index (χ2v) is 9.00. The Hall–Kier alpha value is -4.47. The summed E-state index contributed by atoms with van der Waals surface area (Å²) in [5, 5.41) is 11.9. The van der Waals surface area contributed by atoms with Crippen LogP contribution >= 0.6 is 0 Å². The number of carbonyl (C=O) groups is 3. The number of anilines is 1. The van der Waals surface area contributed by atoms with Crippen LogP contribution in [0.25, 0.3) is 11.3 Å². The molecule has 2 aromatic carbocycles. The highest BCUT2D eigenvalue weighted by molar-refractivity contribution is 5.98. The smallest absolute Gasteiger partial charge is 0.407 e. The lowest BCUT2D eigenvalue weighted by Gasteiger charge is -2.29. The van der Waals surface area contributed by atoms with Gasteiger partial charge in [-0.25, -0.2) is 14.8 Å². The number of hydrogen-bond acceptors (Lipinski definition) is 6. The van der Waals surface area contributed by atoms with Crippen molar-refractivity contribution in [2.24, 2.45) is 0 Å². The van der Waals surface area contributed by atoms with E-state index in [9.17, 15) is 14.4 Å². The number of carbonyl (C=O) groups excluding carboxylic acids is 2. The molecule has 5 rings (SSSR count). The van der Waals surface area contributed by atoms with Crippen LogP contribution in [0.2, 0.25) is 0 Å². The number of aromatic nitrogens is 2. The van der Waals surface area contributed by atoms with Gasteiger partial charge in [0, 0.05) is 43.3 Å². The van der Waals surface area contributed by atoms with E-state index in [-0.39, 0.29) is 30.0 Å². The summed E-state index contributed by atoms with van der Waals surface area (Å²) in [5.74, 6) is -0.612. The SMILES string of the molecule is Nc1ncc(-c2cccc(C(=O)N3CCc4ccccc4C3)c2)nc1C(=O)N[C@H]1CCN(C(=O)O)C1. The van der Waals surface area contributed by atoms with E-state index in [4.69, 9.17) is 10.8 Å². The maximum absolute atomic E-state index is 13.3. The monoisotopic (exact) mass is 486 g/mol. The van der Waals surface area contributed by atoms with Crippen molar-refractivity contribution in [2.45, 2.75) is 25.4 Å². The lowest BCUT2D eigenvalue weighted by Crippen LogP contribution is -2.38. The van der Waals surface area contributed by atoms with E-state index in [0.29, 0.717) is 42.9 Å². The maximum Gasteiger partial charge on any atom is 0.407 e. The molecule has 10 heteroatoms. The first-order valence-electron chi connectivity index (χ1n) is 11.8. The number of nitrogens with one attached hydrogen (secondary N) is 1. The number of rotatable bonds is 4. The van der Waals surface area contributed by atoms with Gasteiger partial charge in [0.15, 0.2) is 11.5 Å². The molecule has 1 saturated heterocycles. The predicted molar refractivity (Wildman–Crippen MR) is 132 cm³/mol. The fourth-order valence-corrected chi connectivity index (χ4v) is 4.67. The molecule has 1 fully saturated rings. The number of likely N-dealkylation sites (tertiary alicyclic amines) is 1. The molecule has 4 N–H and O–H groups in total. The van der Waals surface area contributed by atoms with Gasteiger partial charge in [-0.1, -0.05) is 36.4 Å². The minimum absolute atomic E-state index is 0.0245. The van der Waals surface area contributed by atoms with Crippen LogP contribution in [-0.2, 0) is 13.0 Å². The van der Waals surface area contributed by atoms with Crippen molar-refractivity contribution in [1.29, 1.82) is 0 Å². The molecule has 36 heavy (non-hydrogen) atoms. The second kappa shape index (κ2) is 9.65. The highest BCUT2D eigenvalue weighted by Gasteiger charge is 2.28. The number of amides is 3. The lowest BCUT2D eigenvalue weighted by molar-refractivity contribution is 0.0734. The van der Waals surface area contributed by atoms with E-state index in [1.54, 1.807) is 24.3 Å². The lowest BCUT2D eigenvalue weighted by atomic mass is 9.99. The van der Waals surface area contributed by atoms with Crippen LogP contribution < -0.4 is 11.1 Å². The van der Waals surface area contributed by atoms with Crippen LogP contribution in [0, 0.1) is 0 Å². The molecular weight excluding hydrogens is 460 g/mol. The summed E-state index contributed by atoms with van der Waals surface area (Å²) in [5.41, 5.74) is 9.89. The average molecular weight is 487 g/mol. The molecule has 184 valence electrons. The van der Waals surface area contributed by atoms with E-state index in [1.165, 1.54) is 16.7 Å². The number of benzene rings is 2. The molecule has 0 bridgehead atoms. The number of fused-ring (bicyclic) bond motifs is 1. The van der Waals surface area contributed by atoms with Crippen LogP contribution in [0.5, 0.6) is 0 Å². The zero-order valence-electron chi connectivity index (χ0n) is 19.6. The van der Waals surface area contributed by atoms with Gasteiger partial charge in [0.1, 0.15) is 0 Å². The van der Waals surface area contributed by atoms with Crippen molar-refractivity contribution >= 4 is 23.7 Å². The van der Waals surface area contributed by atoms with Crippen molar-refractivity contribution < 1.29 is 19.5 Å².